The molecule has 0 bridgehead atoms. The summed E-state index contributed by atoms with van der Waals surface area (Å²) < 4.78 is 15.8. The van der Waals surface area contributed by atoms with Gasteiger partial charge in [0.15, 0.2) is 5.75 Å². The number of nitrogens with one attached hydrogen (secondary N) is 1. The van der Waals surface area contributed by atoms with Crippen LogP contribution in [-0.2, 0) is 4.57 Å². The minimum Gasteiger partial charge on any atom is -0.746 e. The van der Waals surface area contributed by atoms with Gasteiger partial charge in [0, 0.05) is 21.6 Å². The second-order valence-electron chi connectivity index (χ2n) is 5.06. The van der Waals surface area contributed by atoms with Crippen LogP contribution in [-0.4, -0.2) is 9.88 Å². The van der Waals surface area contributed by atoms with Crippen LogP contribution in [0.25, 0.3) is 10.9 Å². The third-order valence-corrected chi connectivity index (χ3v) is 3.96. The van der Waals surface area contributed by atoms with Crippen molar-refractivity contribution in [2.45, 2.75) is 13.8 Å². The number of benzene rings is 2. The topological polar surface area (TPSA) is 85.4 Å². The number of aromatic nitrogens is 1. The van der Waals surface area contributed by atoms with E-state index in [1.54, 1.807) is 18.2 Å². The summed E-state index contributed by atoms with van der Waals surface area (Å²) in [6.07, 6.45) is 1.37. The Kier molecular flexibility index (Phi) is 5.65. The molecule has 5 nitrogen and oxygen atoms in total. The Balaban J connectivity index is 0.000000203. The van der Waals surface area contributed by atoms with Crippen molar-refractivity contribution < 1.29 is 18.9 Å². The fourth-order valence-corrected chi connectivity index (χ4v) is 2.66. The van der Waals surface area contributed by atoms with Crippen LogP contribution in [0.4, 0.5) is 0 Å². The lowest BCUT2D eigenvalue weighted by Crippen LogP contribution is -2.05. The molecular weight excluding hydrogens is 381 g/mol. The molecule has 0 radical (unpaired) electrons. The molecule has 0 aliphatic rings. The van der Waals surface area contributed by atoms with Crippen molar-refractivity contribution in [1.82, 2.24) is 4.98 Å². The Hall–Kier alpha value is -1.59. The molecule has 7 heteroatoms. The number of H-pyrrole nitrogens is 1. The molecule has 1 atom stereocenters. The van der Waals surface area contributed by atoms with E-state index in [0.717, 1.165) is 9.99 Å². The largest absolute Gasteiger partial charge is 0.746 e. The maximum Gasteiger partial charge on any atom is 0.317 e. The van der Waals surface area contributed by atoms with Gasteiger partial charge in [-0.2, -0.15) is 0 Å². The second-order valence-corrected chi connectivity index (χ2v) is 7.09. The Morgan fingerprint density at radius 1 is 1.13 bits per heavy atom. The van der Waals surface area contributed by atoms with Crippen LogP contribution in [0.5, 0.6) is 5.75 Å². The summed E-state index contributed by atoms with van der Waals surface area (Å²) in [4.78, 5) is 22.0. The number of hydrogen-bond acceptors (Lipinski definition) is 3. The average Bonchev–Trinajstić information content (AvgIpc) is 2.83. The van der Waals surface area contributed by atoms with Gasteiger partial charge in [0.25, 0.3) is 0 Å². The number of hydrogen-bond donors (Lipinski definition) is 2. The number of phosphoric ester groups is 1. The zero-order valence-corrected chi connectivity index (χ0v) is 15.1. The van der Waals surface area contributed by atoms with Crippen LogP contribution in [0.1, 0.15) is 11.1 Å². The molecule has 0 spiro atoms. The Morgan fingerprint density at radius 3 is 2.22 bits per heavy atom. The summed E-state index contributed by atoms with van der Waals surface area (Å²) in [5.41, 5.74) is 3.38. The van der Waals surface area contributed by atoms with Gasteiger partial charge >= 0.3 is 7.82 Å². The van der Waals surface area contributed by atoms with E-state index in [-0.39, 0.29) is 5.75 Å². The Bertz CT molecular complexity index is 818. The van der Waals surface area contributed by atoms with E-state index in [0.29, 0.717) is 5.39 Å². The van der Waals surface area contributed by atoms with Gasteiger partial charge in [-0.25, -0.2) is 0 Å². The van der Waals surface area contributed by atoms with E-state index in [4.69, 9.17) is 4.89 Å². The minimum atomic E-state index is -4.76. The third kappa shape index (κ3) is 5.52. The molecule has 1 heterocycles. The van der Waals surface area contributed by atoms with Crippen molar-refractivity contribution in [3.8, 4) is 5.75 Å². The summed E-state index contributed by atoms with van der Waals surface area (Å²) in [6, 6.07) is 13.7. The first-order valence-electron chi connectivity index (χ1n) is 6.78. The molecule has 2 N–H and O–H groups in total. The smallest absolute Gasteiger partial charge is 0.317 e. The first-order chi connectivity index (χ1) is 10.7. The molecule has 0 fully saturated rings. The fraction of sp³-hybridized carbons (Fsp3) is 0.125. The number of aromatic amines is 1. The number of phosphoric acid groups is 1. The average molecular weight is 397 g/mol. The molecule has 0 saturated heterocycles. The molecule has 0 aliphatic carbocycles. The van der Waals surface area contributed by atoms with Crippen molar-refractivity contribution in [3.63, 3.8) is 0 Å². The number of rotatable bonds is 2. The van der Waals surface area contributed by atoms with Crippen molar-refractivity contribution in [3.05, 3.63) is 64.3 Å². The van der Waals surface area contributed by atoms with Gasteiger partial charge in [-0.05, 0) is 32.0 Å². The number of fused-ring (bicyclic) bond motifs is 1. The third-order valence-electron chi connectivity index (χ3n) is 3.04. The standard InChI is InChI=1S/C8H7BrNO4P.C8H10/c9-5-1-2-7-6(3-5)8(4-10-7)14-15(11,12)13;1-7-3-5-8(2)6-4-7/h1-4,10H,(H2,11,12,13);3-6H,1-2H3/p-1. The molecule has 1 aromatic heterocycles. The zero-order valence-electron chi connectivity index (χ0n) is 12.6. The normalized spacial score (nSPS) is 13.1. The lowest BCUT2D eigenvalue weighted by Gasteiger charge is -2.15. The van der Waals surface area contributed by atoms with E-state index in [1.807, 2.05) is 0 Å². The van der Waals surface area contributed by atoms with Gasteiger partial charge in [-0.15, -0.1) is 0 Å². The molecule has 1 unspecified atom stereocenters. The highest BCUT2D eigenvalue weighted by Crippen LogP contribution is 2.38. The highest BCUT2D eigenvalue weighted by atomic mass is 79.9. The van der Waals surface area contributed by atoms with Gasteiger partial charge in [0.05, 0.1) is 0 Å². The van der Waals surface area contributed by atoms with E-state index < -0.39 is 7.82 Å². The lowest BCUT2D eigenvalue weighted by atomic mass is 10.2. The van der Waals surface area contributed by atoms with Crippen LogP contribution in [0, 0.1) is 13.8 Å². The van der Waals surface area contributed by atoms with Crippen LogP contribution in [0.3, 0.4) is 0 Å². The summed E-state index contributed by atoms with van der Waals surface area (Å²) in [5, 5.41) is 0.578. The SMILES string of the molecule is Cc1ccc(C)cc1.O=P([O-])(O)Oc1c[nH]c2ccc(Br)cc12. The van der Waals surface area contributed by atoms with Crippen molar-refractivity contribution in [2.24, 2.45) is 0 Å². The number of aryl methyl sites for hydroxylation is 2. The monoisotopic (exact) mass is 396 g/mol. The van der Waals surface area contributed by atoms with Crippen LogP contribution in [0.2, 0.25) is 0 Å². The van der Waals surface area contributed by atoms with Crippen molar-refractivity contribution in [1.29, 1.82) is 0 Å². The molecule has 0 saturated carbocycles. The highest BCUT2D eigenvalue weighted by molar-refractivity contribution is 9.10. The minimum absolute atomic E-state index is 0.0760. The maximum absolute atomic E-state index is 10.6. The summed E-state index contributed by atoms with van der Waals surface area (Å²) in [5.74, 6) is 0.0760. The molecule has 3 rings (SSSR count). The van der Waals surface area contributed by atoms with Gasteiger partial charge in [-0.3, -0.25) is 4.57 Å². The molecule has 122 valence electrons. The predicted octanol–water partition coefficient (Wildman–Crippen LogP) is 4.07. The summed E-state index contributed by atoms with van der Waals surface area (Å²) in [7, 11) is -4.76. The van der Waals surface area contributed by atoms with E-state index in [9.17, 15) is 9.46 Å². The first kappa shape index (κ1) is 17.8. The lowest BCUT2D eigenvalue weighted by molar-refractivity contribution is -0.211. The van der Waals surface area contributed by atoms with E-state index in [1.165, 1.54) is 17.3 Å². The maximum atomic E-state index is 10.6. The quantitative estimate of drug-likeness (QED) is 0.639. The molecular formula is C16H16BrNO4P-. The van der Waals surface area contributed by atoms with Gasteiger partial charge in [-0.1, -0.05) is 51.3 Å². The first-order valence-corrected chi connectivity index (χ1v) is 9.07. The second kappa shape index (κ2) is 7.32. The van der Waals surface area contributed by atoms with E-state index >= 15 is 0 Å². The zero-order chi connectivity index (χ0) is 17.0. The summed E-state index contributed by atoms with van der Waals surface area (Å²) in [6.45, 7) is 4.19. The Morgan fingerprint density at radius 2 is 1.70 bits per heavy atom. The molecule has 3 aromatic rings. The molecule has 2 aromatic carbocycles. The van der Waals surface area contributed by atoms with Crippen LogP contribution in [0.15, 0.2) is 53.1 Å². The Labute approximate surface area is 142 Å². The molecule has 23 heavy (non-hydrogen) atoms. The van der Waals surface area contributed by atoms with Crippen molar-refractivity contribution >= 4 is 34.7 Å². The van der Waals surface area contributed by atoms with Crippen molar-refractivity contribution in [2.75, 3.05) is 0 Å². The number of halogens is 1. The fourth-order valence-electron chi connectivity index (χ4n) is 1.90. The van der Waals surface area contributed by atoms with Crippen LogP contribution < -0.4 is 9.42 Å². The van der Waals surface area contributed by atoms with Gasteiger partial charge in [0.1, 0.15) is 0 Å². The highest BCUT2D eigenvalue weighted by Gasteiger charge is 2.10. The predicted molar refractivity (Wildman–Crippen MR) is 92.4 cm³/mol. The molecule has 0 aliphatic heterocycles. The van der Waals surface area contributed by atoms with E-state index in [2.05, 4.69) is 63.6 Å². The summed E-state index contributed by atoms with van der Waals surface area (Å²) >= 11 is 3.25. The van der Waals surface area contributed by atoms with Gasteiger partial charge in [0.2, 0.25) is 0 Å². The van der Waals surface area contributed by atoms with Gasteiger partial charge < -0.3 is 19.3 Å². The van der Waals surface area contributed by atoms with Crippen LogP contribution >= 0.6 is 23.8 Å². The molecule has 0 amide bonds.